The Labute approximate surface area is 168 Å². The zero-order valence-electron chi connectivity index (χ0n) is 16.9. The molecular weight excluding hydrogens is 386 g/mol. The second kappa shape index (κ2) is 11.7. The Hall–Kier alpha value is -3.08. The third-order valence-electron chi connectivity index (χ3n) is 3.74. The molecule has 0 aliphatic rings. The monoisotopic (exact) mass is 413 g/mol. The summed E-state index contributed by atoms with van der Waals surface area (Å²) in [5, 5.41) is 25.4. The maximum atomic E-state index is 11.7. The van der Waals surface area contributed by atoms with E-state index in [0.29, 0.717) is 13.0 Å². The normalized spacial score (nSPS) is 12.4. The summed E-state index contributed by atoms with van der Waals surface area (Å²) in [6, 6.07) is 2.55. The number of rotatable bonds is 11. The number of amides is 2. The number of nitrogens with zero attached hydrogens (tertiary/aromatic N) is 1. The highest BCUT2D eigenvalue weighted by molar-refractivity contribution is 5.75. The Kier molecular flexibility index (Phi) is 9.66. The maximum absolute atomic E-state index is 11.7. The van der Waals surface area contributed by atoms with Crippen molar-refractivity contribution in [3.8, 4) is 11.5 Å². The smallest absolute Gasteiger partial charge is 0.409 e. The summed E-state index contributed by atoms with van der Waals surface area (Å²) in [6.45, 7) is 5.30. The lowest BCUT2D eigenvalue weighted by Crippen LogP contribution is -2.33. The minimum Gasteiger partial charge on any atom is -0.493 e. The highest BCUT2D eigenvalue weighted by Crippen LogP contribution is 2.38. The summed E-state index contributed by atoms with van der Waals surface area (Å²) in [6.07, 6.45) is -2.36. The molecule has 2 amide bonds. The first-order valence-electron chi connectivity index (χ1n) is 9.10. The maximum Gasteiger partial charge on any atom is 0.409 e. The third-order valence-corrected chi connectivity index (χ3v) is 3.74. The van der Waals surface area contributed by atoms with Crippen molar-refractivity contribution in [2.75, 3.05) is 20.3 Å². The van der Waals surface area contributed by atoms with Crippen LogP contribution in [0.1, 0.15) is 45.3 Å². The van der Waals surface area contributed by atoms with E-state index < -0.39 is 23.3 Å². The highest BCUT2D eigenvalue weighted by Gasteiger charge is 2.26. The number of nitrogens with one attached hydrogen (secondary N) is 2. The summed E-state index contributed by atoms with van der Waals surface area (Å²) in [5.74, 6) is 0.250. The minimum absolute atomic E-state index is 0.0993. The molecule has 2 unspecified atom stereocenters. The second-order valence-electron chi connectivity index (χ2n) is 6.09. The van der Waals surface area contributed by atoms with Crippen LogP contribution in [0.5, 0.6) is 11.5 Å². The van der Waals surface area contributed by atoms with E-state index in [0.717, 1.165) is 0 Å². The van der Waals surface area contributed by atoms with Gasteiger partial charge < -0.3 is 24.6 Å². The minimum atomic E-state index is -1.13. The SMILES string of the molecule is CCNC(=O)CCCOc1cc([N+](=O)[O-])c(C(C)OC(=O)NC(C)O)cc1OC. The first kappa shape index (κ1) is 24.0. The van der Waals surface area contributed by atoms with Crippen LogP contribution in [0.25, 0.3) is 0 Å². The molecule has 0 saturated heterocycles. The van der Waals surface area contributed by atoms with Crippen molar-refractivity contribution >= 4 is 17.7 Å². The molecule has 2 atom stereocenters. The van der Waals surface area contributed by atoms with E-state index in [2.05, 4.69) is 10.6 Å². The van der Waals surface area contributed by atoms with Gasteiger partial charge in [0.15, 0.2) is 11.5 Å². The number of nitro benzene ring substituents is 1. The zero-order valence-corrected chi connectivity index (χ0v) is 16.9. The average Bonchev–Trinajstić information content (AvgIpc) is 2.63. The first-order valence-corrected chi connectivity index (χ1v) is 9.10. The van der Waals surface area contributed by atoms with E-state index in [4.69, 9.17) is 19.3 Å². The van der Waals surface area contributed by atoms with Crippen LogP contribution in [-0.4, -0.2) is 48.5 Å². The summed E-state index contributed by atoms with van der Waals surface area (Å²) in [5.41, 5.74) is -0.218. The van der Waals surface area contributed by atoms with E-state index in [-0.39, 0.29) is 41.7 Å². The number of aliphatic hydroxyl groups is 1. The van der Waals surface area contributed by atoms with Gasteiger partial charge >= 0.3 is 6.09 Å². The van der Waals surface area contributed by atoms with Gasteiger partial charge in [0.2, 0.25) is 5.91 Å². The van der Waals surface area contributed by atoms with E-state index in [9.17, 15) is 19.7 Å². The lowest BCUT2D eigenvalue weighted by molar-refractivity contribution is -0.386. The number of ether oxygens (including phenoxy) is 3. The van der Waals surface area contributed by atoms with E-state index >= 15 is 0 Å². The fourth-order valence-electron chi connectivity index (χ4n) is 2.45. The molecule has 1 rings (SSSR count). The lowest BCUT2D eigenvalue weighted by Gasteiger charge is -2.18. The number of carbonyl (C=O) groups excluding carboxylic acids is 2. The van der Waals surface area contributed by atoms with Gasteiger partial charge in [-0.1, -0.05) is 0 Å². The summed E-state index contributed by atoms with van der Waals surface area (Å²) >= 11 is 0. The van der Waals surface area contributed by atoms with Gasteiger partial charge in [0.25, 0.3) is 5.69 Å². The predicted octanol–water partition coefficient (Wildman–Crippen LogP) is 2.02. The molecule has 0 saturated carbocycles. The van der Waals surface area contributed by atoms with Crippen molar-refractivity contribution in [1.29, 1.82) is 0 Å². The number of hydrogen-bond acceptors (Lipinski definition) is 8. The molecule has 0 bridgehead atoms. The molecule has 0 radical (unpaired) electrons. The van der Waals surface area contributed by atoms with Gasteiger partial charge in [-0.3, -0.25) is 20.2 Å². The van der Waals surface area contributed by atoms with Gasteiger partial charge in [-0.25, -0.2) is 4.79 Å². The second-order valence-corrected chi connectivity index (χ2v) is 6.09. The van der Waals surface area contributed by atoms with Crippen molar-refractivity contribution < 1.29 is 33.8 Å². The van der Waals surface area contributed by atoms with Gasteiger partial charge in [-0.2, -0.15) is 0 Å². The largest absolute Gasteiger partial charge is 0.493 e. The van der Waals surface area contributed by atoms with Crippen LogP contribution >= 0.6 is 0 Å². The molecule has 162 valence electrons. The lowest BCUT2D eigenvalue weighted by atomic mass is 10.1. The van der Waals surface area contributed by atoms with Crippen molar-refractivity contribution in [2.45, 2.75) is 45.9 Å². The number of carbonyl (C=O) groups is 2. The summed E-state index contributed by atoms with van der Waals surface area (Å²) < 4.78 is 15.9. The Bertz CT molecular complexity index is 723. The molecule has 0 aliphatic carbocycles. The molecule has 11 nitrogen and oxygen atoms in total. The standard InChI is InChI=1S/C18H27N3O8/c1-5-19-17(23)7-6-8-28-16-10-14(21(25)26)13(9-15(16)27-4)11(2)29-18(24)20-12(3)22/h9-12,22H,5-8H2,1-4H3,(H,19,23)(H,20,24). The van der Waals surface area contributed by atoms with Crippen LogP contribution in [0.4, 0.5) is 10.5 Å². The van der Waals surface area contributed by atoms with Crippen LogP contribution < -0.4 is 20.1 Å². The van der Waals surface area contributed by atoms with Gasteiger partial charge in [-0.15, -0.1) is 0 Å². The molecule has 1 aromatic carbocycles. The Morgan fingerprint density at radius 2 is 1.97 bits per heavy atom. The van der Waals surface area contributed by atoms with E-state index in [1.54, 1.807) is 0 Å². The van der Waals surface area contributed by atoms with Crippen molar-refractivity contribution in [1.82, 2.24) is 10.6 Å². The molecule has 0 fully saturated rings. The fourth-order valence-corrected chi connectivity index (χ4v) is 2.45. The number of nitro groups is 1. The zero-order chi connectivity index (χ0) is 22.0. The number of benzene rings is 1. The van der Waals surface area contributed by atoms with E-state index in [1.165, 1.54) is 33.1 Å². The number of alkyl carbamates (subject to hydrolysis) is 1. The van der Waals surface area contributed by atoms with Gasteiger partial charge in [0.1, 0.15) is 12.3 Å². The Morgan fingerprint density at radius 3 is 2.52 bits per heavy atom. The summed E-state index contributed by atoms with van der Waals surface area (Å²) in [4.78, 5) is 34.0. The van der Waals surface area contributed by atoms with Crippen LogP contribution in [-0.2, 0) is 9.53 Å². The molecule has 29 heavy (non-hydrogen) atoms. The molecule has 0 aromatic heterocycles. The fraction of sp³-hybridized carbons (Fsp3) is 0.556. The molecular formula is C18H27N3O8. The van der Waals surface area contributed by atoms with Crippen molar-refractivity contribution in [3.63, 3.8) is 0 Å². The van der Waals surface area contributed by atoms with Gasteiger partial charge in [0.05, 0.1) is 30.3 Å². The molecule has 0 heterocycles. The highest BCUT2D eigenvalue weighted by atomic mass is 16.6. The molecule has 0 aliphatic heterocycles. The molecule has 11 heteroatoms. The third kappa shape index (κ3) is 7.82. The van der Waals surface area contributed by atoms with Crippen LogP contribution in [0.15, 0.2) is 12.1 Å². The molecule has 0 spiro atoms. The predicted molar refractivity (Wildman–Crippen MR) is 103 cm³/mol. The van der Waals surface area contributed by atoms with Gasteiger partial charge in [0, 0.05) is 13.0 Å². The number of hydrogen-bond donors (Lipinski definition) is 3. The van der Waals surface area contributed by atoms with Crippen LogP contribution in [0.2, 0.25) is 0 Å². The van der Waals surface area contributed by atoms with Gasteiger partial charge in [-0.05, 0) is 33.3 Å². The molecule has 1 aromatic rings. The van der Waals surface area contributed by atoms with Crippen LogP contribution in [0, 0.1) is 10.1 Å². The number of aliphatic hydroxyl groups excluding tert-OH is 1. The first-order chi connectivity index (χ1) is 13.7. The topological polar surface area (TPSA) is 149 Å². The quantitative estimate of drug-likeness (QED) is 0.216. The number of methoxy groups -OCH3 is 1. The Balaban J connectivity index is 2.96. The molecule has 3 N–H and O–H groups in total. The van der Waals surface area contributed by atoms with Crippen molar-refractivity contribution in [3.05, 3.63) is 27.8 Å². The van der Waals surface area contributed by atoms with Crippen LogP contribution in [0.3, 0.4) is 0 Å². The Morgan fingerprint density at radius 1 is 1.28 bits per heavy atom. The average molecular weight is 413 g/mol. The van der Waals surface area contributed by atoms with Crippen molar-refractivity contribution in [2.24, 2.45) is 0 Å². The van der Waals surface area contributed by atoms with E-state index in [1.807, 2.05) is 6.92 Å². The summed E-state index contributed by atoms with van der Waals surface area (Å²) in [7, 11) is 1.37.